The van der Waals surface area contributed by atoms with E-state index in [1.807, 2.05) is 47.2 Å². The van der Waals surface area contributed by atoms with Gasteiger partial charge in [-0.25, -0.2) is 4.98 Å². The van der Waals surface area contributed by atoms with Gasteiger partial charge in [0.05, 0.1) is 22.9 Å². The van der Waals surface area contributed by atoms with Crippen molar-refractivity contribution in [3.63, 3.8) is 0 Å². The highest BCUT2D eigenvalue weighted by atomic mass is 16.6. The highest BCUT2D eigenvalue weighted by Crippen LogP contribution is 2.36. The maximum atomic E-state index is 11.8. The van der Waals surface area contributed by atoms with Gasteiger partial charge in [0.25, 0.3) is 5.69 Å². The smallest absolute Gasteiger partial charge is 0.277 e. The molecule has 1 heterocycles. The molecule has 0 aliphatic rings. The van der Waals surface area contributed by atoms with Crippen molar-refractivity contribution in [2.75, 3.05) is 0 Å². The highest BCUT2D eigenvalue weighted by Gasteiger charge is 2.23. The molecule has 0 fully saturated rings. The van der Waals surface area contributed by atoms with Gasteiger partial charge in [0, 0.05) is 25.0 Å². The van der Waals surface area contributed by atoms with Crippen LogP contribution in [0.1, 0.15) is 31.0 Å². The Bertz CT molecular complexity index is 904. The summed E-state index contributed by atoms with van der Waals surface area (Å²) in [5, 5.41) is 11.8. The molecule has 1 unspecified atom stereocenters. The van der Waals surface area contributed by atoms with Gasteiger partial charge in [-0.1, -0.05) is 44.2 Å². The van der Waals surface area contributed by atoms with E-state index in [9.17, 15) is 10.1 Å². The Hall–Kier alpha value is -2.99. The molecule has 2 N–H and O–H groups in total. The second-order valence-electron chi connectivity index (χ2n) is 6.59. The van der Waals surface area contributed by atoms with Crippen molar-refractivity contribution in [2.45, 2.75) is 26.4 Å². The minimum Gasteiger partial charge on any atom is -0.330 e. The Morgan fingerprint density at radius 1 is 1.19 bits per heavy atom. The quantitative estimate of drug-likeness (QED) is 0.534. The van der Waals surface area contributed by atoms with Crippen molar-refractivity contribution in [3.8, 4) is 11.1 Å². The molecule has 3 aromatic rings. The summed E-state index contributed by atoms with van der Waals surface area (Å²) in [7, 11) is 0. The zero-order valence-electron chi connectivity index (χ0n) is 14.9. The van der Waals surface area contributed by atoms with Crippen LogP contribution in [0.2, 0.25) is 0 Å². The van der Waals surface area contributed by atoms with Crippen molar-refractivity contribution < 1.29 is 4.92 Å². The fourth-order valence-electron chi connectivity index (χ4n) is 3.41. The Labute approximate surface area is 152 Å². The Morgan fingerprint density at radius 2 is 1.96 bits per heavy atom. The van der Waals surface area contributed by atoms with Crippen molar-refractivity contribution in [1.29, 1.82) is 0 Å². The predicted molar refractivity (Wildman–Crippen MR) is 102 cm³/mol. The van der Waals surface area contributed by atoms with Crippen LogP contribution in [-0.4, -0.2) is 14.5 Å². The molecule has 0 aliphatic carbocycles. The largest absolute Gasteiger partial charge is 0.330 e. The molecular formula is C20H22N4O2. The molecule has 0 amide bonds. The first-order chi connectivity index (χ1) is 12.5. The van der Waals surface area contributed by atoms with Gasteiger partial charge in [-0.05, 0) is 28.7 Å². The number of hydrogen-bond acceptors (Lipinski definition) is 4. The minimum absolute atomic E-state index is 0.0185. The van der Waals surface area contributed by atoms with Crippen LogP contribution < -0.4 is 5.73 Å². The van der Waals surface area contributed by atoms with E-state index in [1.54, 1.807) is 18.6 Å². The van der Waals surface area contributed by atoms with Gasteiger partial charge >= 0.3 is 0 Å². The lowest BCUT2D eigenvalue weighted by Gasteiger charge is -2.23. The van der Waals surface area contributed by atoms with Crippen LogP contribution in [-0.2, 0) is 6.54 Å². The van der Waals surface area contributed by atoms with Crippen LogP contribution >= 0.6 is 0 Å². The van der Waals surface area contributed by atoms with Gasteiger partial charge in [0.2, 0.25) is 0 Å². The van der Waals surface area contributed by atoms with Crippen molar-refractivity contribution >= 4 is 5.69 Å². The summed E-state index contributed by atoms with van der Waals surface area (Å²) < 4.78 is 1.98. The topological polar surface area (TPSA) is 87.0 Å². The number of rotatable bonds is 6. The molecule has 1 atom stereocenters. The van der Waals surface area contributed by atoms with E-state index in [0.717, 1.165) is 16.7 Å². The third-order valence-corrected chi connectivity index (χ3v) is 4.57. The molecule has 0 saturated carbocycles. The third kappa shape index (κ3) is 3.36. The van der Waals surface area contributed by atoms with E-state index < -0.39 is 0 Å². The molecule has 0 aliphatic heterocycles. The van der Waals surface area contributed by atoms with Gasteiger partial charge in [0.15, 0.2) is 0 Å². The first-order valence-corrected chi connectivity index (χ1v) is 8.57. The van der Waals surface area contributed by atoms with Crippen LogP contribution in [0.4, 0.5) is 5.69 Å². The molecule has 0 spiro atoms. The number of aromatic nitrogens is 2. The summed E-state index contributed by atoms with van der Waals surface area (Å²) in [6, 6.07) is 13.0. The molecule has 26 heavy (non-hydrogen) atoms. The van der Waals surface area contributed by atoms with Crippen molar-refractivity contribution in [2.24, 2.45) is 11.7 Å². The normalized spacial score (nSPS) is 12.3. The number of nitro groups is 1. The first kappa shape index (κ1) is 17.8. The maximum absolute atomic E-state index is 11.8. The summed E-state index contributed by atoms with van der Waals surface area (Å²) in [6.45, 7) is 4.51. The number of benzene rings is 2. The second kappa shape index (κ2) is 7.49. The molecule has 1 aromatic heterocycles. The van der Waals surface area contributed by atoms with Gasteiger partial charge in [-0.15, -0.1) is 0 Å². The molecule has 2 aromatic carbocycles. The van der Waals surface area contributed by atoms with Crippen LogP contribution in [0.3, 0.4) is 0 Å². The SMILES string of the molecule is CC(C)C(c1ccc(-c2ccccc2CN)c([N+](=O)[O-])c1)n1ccnc1. The van der Waals surface area contributed by atoms with Crippen LogP contribution in [0, 0.1) is 16.0 Å². The van der Waals surface area contributed by atoms with E-state index >= 15 is 0 Å². The monoisotopic (exact) mass is 350 g/mol. The van der Waals surface area contributed by atoms with E-state index in [4.69, 9.17) is 5.73 Å². The van der Waals surface area contributed by atoms with Gasteiger partial charge in [0.1, 0.15) is 0 Å². The Balaban J connectivity index is 2.15. The third-order valence-electron chi connectivity index (χ3n) is 4.57. The summed E-state index contributed by atoms with van der Waals surface area (Å²) in [6.07, 6.45) is 5.35. The van der Waals surface area contributed by atoms with Crippen molar-refractivity contribution in [1.82, 2.24) is 9.55 Å². The lowest BCUT2D eigenvalue weighted by molar-refractivity contribution is -0.384. The van der Waals surface area contributed by atoms with E-state index in [0.29, 0.717) is 12.1 Å². The molecule has 0 radical (unpaired) electrons. The minimum atomic E-state index is -0.322. The number of nitrogens with two attached hydrogens (primary N) is 1. The van der Waals surface area contributed by atoms with Crippen molar-refractivity contribution in [3.05, 3.63) is 82.4 Å². The summed E-state index contributed by atoms with van der Waals surface area (Å²) in [4.78, 5) is 15.6. The standard InChI is InChI=1S/C20H22N4O2/c1-14(2)20(23-10-9-22-13-23)15-7-8-18(19(11-15)24(25)26)17-6-4-3-5-16(17)12-21/h3-11,13-14,20H,12,21H2,1-2H3. The second-order valence-corrected chi connectivity index (χ2v) is 6.59. The van der Waals surface area contributed by atoms with E-state index in [2.05, 4.69) is 18.8 Å². The molecular weight excluding hydrogens is 328 g/mol. The van der Waals surface area contributed by atoms with Gasteiger partial charge < -0.3 is 10.3 Å². The Morgan fingerprint density at radius 3 is 2.58 bits per heavy atom. The summed E-state index contributed by atoms with van der Waals surface area (Å²) in [5.41, 5.74) is 9.08. The number of hydrogen-bond donors (Lipinski definition) is 1. The molecule has 134 valence electrons. The van der Waals surface area contributed by atoms with Crippen LogP contribution in [0.5, 0.6) is 0 Å². The average Bonchev–Trinajstić information content (AvgIpc) is 3.15. The van der Waals surface area contributed by atoms with Gasteiger partial charge in [-0.3, -0.25) is 10.1 Å². The van der Waals surface area contributed by atoms with E-state index in [1.165, 1.54) is 0 Å². The predicted octanol–water partition coefficient (Wildman–Crippen LogP) is 4.16. The zero-order valence-corrected chi connectivity index (χ0v) is 14.9. The first-order valence-electron chi connectivity index (χ1n) is 8.57. The average molecular weight is 350 g/mol. The van der Waals surface area contributed by atoms with Gasteiger partial charge in [-0.2, -0.15) is 0 Å². The number of nitrogens with zero attached hydrogens (tertiary/aromatic N) is 3. The Kier molecular flexibility index (Phi) is 5.14. The highest BCUT2D eigenvalue weighted by molar-refractivity contribution is 5.76. The maximum Gasteiger partial charge on any atom is 0.277 e. The summed E-state index contributed by atoms with van der Waals surface area (Å²) in [5.74, 6) is 0.256. The lowest BCUT2D eigenvalue weighted by Crippen LogP contribution is -2.15. The summed E-state index contributed by atoms with van der Waals surface area (Å²) >= 11 is 0. The molecule has 3 rings (SSSR count). The molecule has 6 nitrogen and oxygen atoms in total. The molecule has 0 bridgehead atoms. The molecule has 6 heteroatoms. The number of imidazole rings is 1. The molecule has 0 saturated heterocycles. The van der Waals surface area contributed by atoms with E-state index in [-0.39, 0.29) is 22.6 Å². The fourth-order valence-corrected chi connectivity index (χ4v) is 3.41. The zero-order chi connectivity index (χ0) is 18.7. The lowest BCUT2D eigenvalue weighted by atomic mass is 9.91. The van der Waals surface area contributed by atoms with Crippen LogP contribution in [0.25, 0.3) is 11.1 Å². The number of nitro benzene ring substituents is 1. The fraction of sp³-hybridized carbons (Fsp3) is 0.250. The van der Waals surface area contributed by atoms with Crippen LogP contribution in [0.15, 0.2) is 61.2 Å².